The topological polar surface area (TPSA) is 17.0 Å². The Hall–Kier alpha value is -1.49. The van der Waals surface area contributed by atoms with Crippen LogP contribution in [-0.2, 0) is 13.6 Å². The van der Waals surface area contributed by atoms with Crippen molar-refractivity contribution in [1.82, 2.24) is 4.57 Å². The summed E-state index contributed by atoms with van der Waals surface area (Å²) < 4.78 is 27.2. The van der Waals surface area contributed by atoms with E-state index in [4.69, 9.17) is 0 Å². The van der Waals surface area contributed by atoms with Gasteiger partial charge in [0.05, 0.1) is 0 Å². The van der Waals surface area contributed by atoms with Gasteiger partial charge in [0.15, 0.2) is 0 Å². The molecule has 5 heteroatoms. The molecule has 1 aromatic heterocycles. The molecule has 0 aliphatic carbocycles. The van der Waals surface area contributed by atoms with Crippen LogP contribution in [0.3, 0.4) is 0 Å². The van der Waals surface area contributed by atoms with Crippen LogP contribution in [0.4, 0.5) is 14.5 Å². The van der Waals surface area contributed by atoms with Crippen molar-refractivity contribution in [3.8, 4) is 0 Å². The van der Waals surface area contributed by atoms with E-state index in [1.807, 2.05) is 19.2 Å². The Kier molecular flexibility index (Phi) is 4.70. The van der Waals surface area contributed by atoms with Gasteiger partial charge in [-0.3, -0.25) is 0 Å². The molecule has 2 aromatic rings. The summed E-state index contributed by atoms with van der Waals surface area (Å²) in [5, 5.41) is 3.25. The summed E-state index contributed by atoms with van der Waals surface area (Å²) in [7, 11) is 2.02. The standard InChI is InChI=1S/C15H18F2N2S/c1-10-8-12(11(2)19(10)3)9-18-13-6-4-5-7-14(13)20-15(16)17/h4-8,15,18H,9H2,1-3H3. The van der Waals surface area contributed by atoms with E-state index in [0.29, 0.717) is 23.2 Å². The zero-order valence-electron chi connectivity index (χ0n) is 11.8. The summed E-state index contributed by atoms with van der Waals surface area (Å²) in [6.45, 7) is 4.75. The van der Waals surface area contributed by atoms with Crippen LogP contribution in [0, 0.1) is 13.8 Å². The van der Waals surface area contributed by atoms with Crippen molar-refractivity contribution in [3.05, 3.63) is 47.3 Å². The average Bonchev–Trinajstić information content (AvgIpc) is 2.65. The molecule has 2 rings (SSSR count). The number of thioether (sulfide) groups is 1. The maximum absolute atomic E-state index is 12.5. The number of hydrogen-bond acceptors (Lipinski definition) is 2. The fraction of sp³-hybridized carbons (Fsp3) is 0.333. The fourth-order valence-corrected chi connectivity index (χ4v) is 2.73. The number of benzene rings is 1. The number of alkyl halides is 2. The van der Waals surface area contributed by atoms with Gasteiger partial charge >= 0.3 is 0 Å². The second-order valence-corrected chi connectivity index (χ2v) is 5.72. The molecule has 108 valence electrons. The molecule has 2 nitrogen and oxygen atoms in total. The predicted molar refractivity (Wildman–Crippen MR) is 80.5 cm³/mol. The minimum Gasteiger partial charge on any atom is -0.380 e. The number of nitrogens with one attached hydrogen (secondary N) is 1. The van der Waals surface area contributed by atoms with E-state index in [-0.39, 0.29) is 0 Å². The van der Waals surface area contributed by atoms with Gasteiger partial charge in [-0.05, 0) is 37.6 Å². The molecular formula is C15H18F2N2S. The van der Waals surface area contributed by atoms with Crippen LogP contribution in [0.15, 0.2) is 35.2 Å². The lowest BCUT2D eigenvalue weighted by molar-refractivity contribution is 0.252. The number of aryl methyl sites for hydroxylation is 1. The van der Waals surface area contributed by atoms with Gasteiger partial charge in [-0.1, -0.05) is 23.9 Å². The Bertz CT molecular complexity index is 594. The molecule has 1 N–H and O–H groups in total. The second kappa shape index (κ2) is 6.31. The number of para-hydroxylation sites is 1. The number of aromatic nitrogens is 1. The van der Waals surface area contributed by atoms with E-state index in [1.165, 1.54) is 17.0 Å². The molecule has 0 fully saturated rings. The van der Waals surface area contributed by atoms with Crippen molar-refractivity contribution in [3.63, 3.8) is 0 Å². The van der Waals surface area contributed by atoms with Crippen molar-refractivity contribution in [2.24, 2.45) is 7.05 Å². The van der Waals surface area contributed by atoms with Crippen LogP contribution < -0.4 is 5.32 Å². The van der Waals surface area contributed by atoms with Gasteiger partial charge in [0.2, 0.25) is 0 Å². The van der Waals surface area contributed by atoms with Crippen molar-refractivity contribution >= 4 is 17.4 Å². The molecule has 0 radical (unpaired) electrons. The zero-order valence-corrected chi connectivity index (χ0v) is 12.6. The smallest absolute Gasteiger partial charge is 0.288 e. The minimum absolute atomic E-state index is 0.572. The van der Waals surface area contributed by atoms with Crippen molar-refractivity contribution in [2.75, 3.05) is 5.32 Å². The molecule has 20 heavy (non-hydrogen) atoms. The zero-order chi connectivity index (χ0) is 14.7. The lowest BCUT2D eigenvalue weighted by Gasteiger charge is -2.11. The summed E-state index contributed by atoms with van der Waals surface area (Å²) in [6.07, 6.45) is 0. The van der Waals surface area contributed by atoms with E-state index in [9.17, 15) is 8.78 Å². The van der Waals surface area contributed by atoms with Crippen LogP contribution in [0.5, 0.6) is 0 Å². The maximum Gasteiger partial charge on any atom is 0.288 e. The van der Waals surface area contributed by atoms with Gasteiger partial charge in [-0.15, -0.1) is 0 Å². The van der Waals surface area contributed by atoms with E-state index < -0.39 is 5.76 Å². The quantitative estimate of drug-likeness (QED) is 0.814. The lowest BCUT2D eigenvalue weighted by atomic mass is 10.2. The largest absolute Gasteiger partial charge is 0.380 e. The molecule has 1 heterocycles. The highest BCUT2D eigenvalue weighted by molar-refractivity contribution is 7.99. The normalized spacial score (nSPS) is 11.1. The van der Waals surface area contributed by atoms with E-state index in [2.05, 4.69) is 29.8 Å². The van der Waals surface area contributed by atoms with E-state index >= 15 is 0 Å². The van der Waals surface area contributed by atoms with Crippen LogP contribution in [0.2, 0.25) is 0 Å². The first-order valence-corrected chi connectivity index (χ1v) is 7.26. The van der Waals surface area contributed by atoms with Crippen molar-refractivity contribution < 1.29 is 8.78 Å². The molecule has 0 aliphatic rings. The Balaban J connectivity index is 2.12. The molecule has 0 atom stereocenters. The van der Waals surface area contributed by atoms with Crippen LogP contribution in [0.25, 0.3) is 0 Å². The van der Waals surface area contributed by atoms with Crippen molar-refractivity contribution in [2.45, 2.75) is 31.0 Å². The Morgan fingerprint density at radius 3 is 2.55 bits per heavy atom. The number of hydrogen-bond donors (Lipinski definition) is 1. The van der Waals surface area contributed by atoms with Gasteiger partial charge in [-0.25, -0.2) is 0 Å². The van der Waals surface area contributed by atoms with Crippen molar-refractivity contribution in [1.29, 1.82) is 0 Å². The molecule has 0 saturated carbocycles. The molecule has 0 saturated heterocycles. The lowest BCUT2D eigenvalue weighted by Crippen LogP contribution is -2.02. The second-order valence-electron chi connectivity index (χ2n) is 4.68. The summed E-state index contributed by atoms with van der Waals surface area (Å²) in [5.41, 5.74) is 4.31. The van der Waals surface area contributed by atoms with Crippen LogP contribution in [0.1, 0.15) is 17.0 Å². The summed E-state index contributed by atoms with van der Waals surface area (Å²) in [4.78, 5) is 0.577. The third-order valence-corrected chi connectivity index (χ3v) is 4.24. The molecule has 0 unspecified atom stereocenters. The number of rotatable bonds is 5. The fourth-order valence-electron chi connectivity index (χ4n) is 2.11. The Morgan fingerprint density at radius 1 is 1.25 bits per heavy atom. The summed E-state index contributed by atoms with van der Waals surface area (Å²) in [5.74, 6) is -2.40. The minimum atomic E-state index is -2.40. The summed E-state index contributed by atoms with van der Waals surface area (Å²) in [6, 6.07) is 9.28. The van der Waals surface area contributed by atoms with Gasteiger partial charge in [0, 0.05) is 35.6 Å². The molecule has 0 spiro atoms. The van der Waals surface area contributed by atoms with Gasteiger partial charge in [-0.2, -0.15) is 8.78 Å². The molecule has 1 aromatic carbocycles. The van der Waals surface area contributed by atoms with E-state index in [0.717, 1.165) is 5.69 Å². The Labute approximate surface area is 122 Å². The third kappa shape index (κ3) is 3.33. The first-order valence-electron chi connectivity index (χ1n) is 6.38. The summed E-state index contributed by atoms with van der Waals surface area (Å²) >= 11 is 0.572. The predicted octanol–water partition coefficient (Wildman–Crippen LogP) is 4.57. The van der Waals surface area contributed by atoms with Crippen LogP contribution in [-0.4, -0.2) is 10.3 Å². The SMILES string of the molecule is Cc1cc(CNc2ccccc2SC(F)F)c(C)n1C. The maximum atomic E-state index is 12.5. The average molecular weight is 296 g/mol. The first kappa shape index (κ1) is 14.9. The Morgan fingerprint density at radius 2 is 1.95 bits per heavy atom. The van der Waals surface area contributed by atoms with Gasteiger partial charge in [0.25, 0.3) is 5.76 Å². The molecular weight excluding hydrogens is 278 g/mol. The molecule has 0 aliphatic heterocycles. The monoisotopic (exact) mass is 296 g/mol. The first-order chi connectivity index (χ1) is 9.49. The van der Waals surface area contributed by atoms with Crippen LogP contribution >= 0.6 is 11.8 Å². The highest BCUT2D eigenvalue weighted by atomic mass is 32.2. The number of nitrogens with zero attached hydrogens (tertiary/aromatic N) is 1. The number of anilines is 1. The third-order valence-electron chi connectivity index (χ3n) is 3.45. The van der Waals surface area contributed by atoms with Gasteiger partial charge in [0.1, 0.15) is 0 Å². The van der Waals surface area contributed by atoms with E-state index in [1.54, 1.807) is 12.1 Å². The molecule has 0 amide bonds. The highest BCUT2D eigenvalue weighted by Gasteiger charge is 2.10. The van der Waals surface area contributed by atoms with Gasteiger partial charge < -0.3 is 9.88 Å². The highest BCUT2D eigenvalue weighted by Crippen LogP contribution is 2.32. The molecule has 0 bridgehead atoms. The number of halogens is 2.